The van der Waals surface area contributed by atoms with Crippen LogP contribution in [-0.4, -0.2) is 37.8 Å². The minimum Gasteiger partial charge on any atom is -0.410 e. The van der Waals surface area contributed by atoms with E-state index in [4.69, 9.17) is 4.74 Å². The Balaban J connectivity index is 1.49. The average molecular weight is 325 g/mol. The van der Waals surface area contributed by atoms with Crippen molar-refractivity contribution in [2.24, 2.45) is 0 Å². The molecule has 3 aliphatic rings. The number of allylic oxidation sites excluding steroid dienone is 3. The molecule has 0 radical (unpaired) electrons. The number of likely N-dealkylation sites (tertiary alicyclic amines) is 1. The quantitative estimate of drug-likeness (QED) is 0.907. The lowest BCUT2D eigenvalue weighted by Gasteiger charge is -2.28. The van der Waals surface area contributed by atoms with Crippen molar-refractivity contribution < 1.29 is 9.53 Å². The van der Waals surface area contributed by atoms with Crippen LogP contribution in [0.3, 0.4) is 0 Å². The molecule has 1 N–H and O–H groups in total. The lowest BCUT2D eigenvalue weighted by Crippen LogP contribution is -2.39. The third-order valence-electron chi connectivity index (χ3n) is 5.23. The van der Waals surface area contributed by atoms with Gasteiger partial charge in [0.15, 0.2) is 0 Å². The number of ether oxygens (including phenoxy) is 1. The summed E-state index contributed by atoms with van der Waals surface area (Å²) in [6, 6.07) is 5.96. The first-order chi connectivity index (χ1) is 11.6. The number of anilines is 1. The molecule has 2 aliphatic heterocycles. The fraction of sp³-hybridized carbons (Fsp3) is 0.421. The second-order valence-electron chi connectivity index (χ2n) is 6.77. The number of nitrogens with one attached hydrogen (secondary N) is 1. The molecular formula is C19H23N3O2. The van der Waals surface area contributed by atoms with Gasteiger partial charge in [-0.25, -0.2) is 4.79 Å². The Morgan fingerprint density at radius 1 is 1.29 bits per heavy atom. The molecular weight excluding hydrogens is 302 g/mol. The highest BCUT2D eigenvalue weighted by molar-refractivity contribution is 5.74. The molecule has 2 heterocycles. The van der Waals surface area contributed by atoms with Crippen LogP contribution in [-0.2, 0) is 0 Å². The molecule has 4 rings (SSSR count). The standard InChI is InChI=1S/C19H23N3O2/c1-21-11-10-15-16-12-14(8-9-17(16)22(2)18(15)21)24-19(23)20-13-6-4-3-5-7-13/h4,6-9,12,15,18H,3,5,10-11H2,1-2H3,(H,20,23). The van der Waals surface area contributed by atoms with Gasteiger partial charge in [-0.2, -0.15) is 0 Å². The lowest BCUT2D eigenvalue weighted by molar-refractivity contribution is 0.203. The smallest absolute Gasteiger partial charge is 0.410 e. The first kappa shape index (κ1) is 15.3. The maximum absolute atomic E-state index is 12.1. The molecule has 2 unspecified atom stereocenters. The topological polar surface area (TPSA) is 44.8 Å². The van der Waals surface area contributed by atoms with E-state index in [0.29, 0.717) is 17.8 Å². The predicted octanol–water partition coefficient (Wildman–Crippen LogP) is 3.20. The minimum absolute atomic E-state index is 0.418. The van der Waals surface area contributed by atoms with Gasteiger partial charge in [0.25, 0.3) is 0 Å². The third kappa shape index (κ3) is 2.59. The Kier molecular flexibility index (Phi) is 3.81. The summed E-state index contributed by atoms with van der Waals surface area (Å²) < 4.78 is 5.50. The number of fused-ring (bicyclic) bond motifs is 3. The van der Waals surface area contributed by atoms with E-state index in [-0.39, 0.29) is 0 Å². The molecule has 1 saturated heterocycles. The van der Waals surface area contributed by atoms with Gasteiger partial charge < -0.3 is 9.64 Å². The predicted molar refractivity (Wildman–Crippen MR) is 94.2 cm³/mol. The highest BCUT2D eigenvalue weighted by atomic mass is 16.6. The Morgan fingerprint density at radius 2 is 2.17 bits per heavy atom. The molecule has 1 fully saturated rings. The maximum atomic E-state index is 12.1. The number of hydrogen-bond donors (Lipinski definition) is 1. The van der Waals surface area contributed by atoms with Crippen molar-refractivity contribution >= 4 is 11.8 Å². The monoisotopic (exact) mass is 325 g/mol. The van der Waals surface area contributed by atoms with Crippen molar-refractivity contribution in [2.45, 2.75) is 31.3 Å². The van der Waals surface area contributed by atoms with Crippen molar-refractivity contribution in [3.63, 3.8) is 0 Å². The van der Waals surface area contributed by atoms with Crippen LogP contribution in [0.4, 0.5) is 10.5 Å². The van der Waals surface area contributed by atoms with E-state index in [9.17, 15) is 4.79 Å². The van der Waals surface area contributed by atoms with Gasteiger partial charge in [0, 0.05) is 30.9 Å². The number of hydrogen-bond acceptors (Lipinski definition) is 4. The van der Waals surface area contributed by atoms with Crippen LogP contribution in [0.2, 0.25) is 0 Å². The molecule has 1 aliphatic carbocycles. The zero-order valence-corrected chi connectivity index (χ0v) is 14.2. The van der Waals surface area contributed by atoms with Gasteiger partial charge in [-0.1, -0.05) is 12.2 Å². The SMILES string of the molecule is CN1CCC2c3cc(OC(=O)NC4=CCCC=C4)ccc3N(C)C21. The highest BCUT2D eigenvalue weighted by Gasteiger charge is 2.43. The summed E-state index contributed by atoms with van der Waals surface area (Å²) in [4.78, 5) is 16.8. The van der Waals surface area contributed by atoms with Crippen molar-refractivity contribution in [3.8, 4) is 5.75 Å². The van der Waals surface area contributed by atoms with Gasteiger partial charge in [0.2, 0.25) is 0 Å². The molecule has 0 spiro atoms. The zero-order chi connectivity index (χ0) is 16.7. The summed E-state index contributed by atoms with van der Waals surface area (Å²) in [5.41, 5.74) is 3.33. The Bertz CT molecular complexity index is 725. The summed E-state index contributed by atoms with van der Waals surface area (Å²) in [5, 5.41) is 2.79. The minimum atomic E-state index is -0.431. The molecule has 24 heavy (non-hydrogen) atoms. The van der Waals surface area contributed by atoms with Crippen LogP contribution >= 0.6 is 0 Å². The molecule has 0 aromatic heterocycles. The fourth-order valence-electron chi connectivity index (χ4n) is 4.13. The zero-order valence-electron chi connectivity index (χ0n) is 14.2. The molecule has 1 aromatic rings. The molecule has 1 amide bonds. The molecule has 5 nitrogen and oxygen atoms in total. The summed E-state index contributed by atoms with van der Waals surface area (Å²) in [7, 11) is 4.31. The maximum Gasteiger partial charge on any atom is 0.417 e. The third-order valence-corrected chi connectivity index (χ3v) is 5.23. The molecule has 5 heteroatoms. The van der Waals surface area contributed by atoms with E-state index in [1.54, 1.807) is 0 Å². The van der Waals surface area contributed by atoms with Gasteiger partial charge in [-0.15, -0.1) is 0 Å². The van der Waals surface area contributed by atoms with E-state index >= 15 is 0 Å². The number of benzene rings is 1. The van der Waals surface area contributed by atoms with Crippen LogP contribution in [0.5, 0.6) is 5.75 Å². The van der Waals surface area contributed by atoms with Crippen LogP contribution in [0.25, 0.3) is 0 Å². The van der Waals surface area contributed by atoms with Crippen LogP contribution in [0, 0.1) is 0 Å². The van der Waals surface area contributed by atoms with E-state index < -0.39 is 6.09 Å². The van der Waals surface area contributed by atoms with E-state index in [2.05, 4.69) is 41.4 Å². The van der Waals surface area contributed by atoms with Crippen molar-refractivity contribution in [1.29, 1.82) is 0 Å². The molecule has 126 valence electrons. The molecule has 1 aromatic carbocycles. The summed E-state index contributed by atoms with van der Waals surface area (Å²) in [5.74, 6) is 1.10. The average Bonchev–Trinajstić information content (AvgIpc) is 3.08. The number of carbonyl (C=O) groups is 1. The number of carbonyl (C=O) groups excluding carboxylic acids is 1. The van der Waals surface area contributed by atoms with Crippen LogP contribution in [0.15, 0.2) is 42.1 Å². The van der Waals surface area contributed by atoms with E-state index in [0.717, 1.165) is 31.5 Å². The van der Waals surface area contributed by atoms with Crippen LogP contribution < -0.4 is 15.0 Å². The second kappa shape index (κ2) is 5.98. The van der Waals surface area contributed by atoms with Gasteiger partial charge in [0.1, 0.15) is 5.75 Å². The normalized spacial score (nSPS) is 25.2. The van der Waals surface area contributed by atoms with Crippen molar-refractivity contribution in [1.82, 2.24) is 10.2 Å². The lowest BCUT2D eigenvalue weighted by atomic mass is 9.98. The number of rotatable bonds is 2. The van der Waals surface area contributed by atoms with E-state index in [1.807, 2.05) is 24.3 Å². The largest absolute Gasteiger partial charge is 0.417 e. The molecule has 0 bridgehead atoms. The van der Waals surface area contributed by atoms with Gasteiger partial charge >= 0.3 is 6.09 Å². The highest BCUT2D eigenvalue weighted by Crippen LogP contribution is 2.47. The Labute approximate surface area is 142 Å². The summed E-state index contributed by atoms with van der Waals surface area (Å²) in [6.07, 6.45) is 9.09. The Hall–Kier alpha value is -2.27. The number of likely N-dealkylation sites (N-methyl/N-ethyl adjacent to an activating group) is 2. The van der Waals surface area contributed by atoms with Gasteiger partial charge in [0.05, 0.1) is 6.17 Å². The Morgan fingerprint density at radius 3 is 2.96 bits per heavy atom. The van der Waals surface area contributed by atoms with Crippen molar-refractivity contribution in [3.05, 3.63) is 47.7 Å². The second-order valence-corrected chi connectivity index (χ2v) is 6.77. The number of nitrogens with zero attached hydrogens (tertiary/aromatic N) is 2. The molecule has 2 atom stereocenters. The van der Waals surface area contributed by atoms with Gasteiger partial charge in [-0.05, 0) is 56.1 Å². The first-order valence-corrected chi connectivity index (χ1v) is 8.56. The van der Waals surface area contributed by atoms with Crippen molar-refractivity contribution in [2.75, 3.05) is 25.5 Å². The number of amides is 1. The van der Waals surface area contributed by atoms with E-state index in [1.165, 1.54) is 11.3 Å². The molecule has 0 saturated carbocycles. The summed E-state index contributed by atoms with van der Waals surface area (Å²) in [6.45, 7) is 1.10. The van der Waals surface area contributed by atoms with Gasteiger partial charge in [-0.3, -0.25) is 10.2 Å². The first-order valence-electron chi connectivity index (χ1n) is 8.56. The fourth-order valence-corrected chi connectivity index (χ4v) is 4.13. The summed E-state index contributed by atoms with van der Waals surface area (Å²) >= 11 is 0. The van der Waals surface area contributed by atoms with Crippen LogP contribution in [0.1, 0.15) is 30.7 Å².